The van der Waals surface area contributed by atoms with E-state index in [9.17, 15) is 9.59 Å². The van der Waals surface area contributed by atoms with Crippen molar-refractivity contribution in [3.8, 4) is 11.4 Å². The maximum absolute atomic E-state index is 11.9. The van der Waals surface area contributed by atoms with Gasteiger partial charge >= 0.3 is 5.97 Å². The van der Waals surface area contributed by atoms with E-state index in [-0.39, 0.29) is 18.2 Å². The van der Waals surface area contributed by atoms with Crippen molar-refractivity contribution < 1.29 is 19.1 Å². The lowest BCUT2D eigenvalue weighted by Crippen LogP contribution is -2.31. The minimum Gasteiger partial charge on any atom is -0.495 e. The maximum atomic E-state index is 11.9. The number of nitrogens with zero attached hydrogens (tertiary/aromatic N) is 2. The van der Waals surface area contributed by atoms with E-state index in [1.54, 1.807) is 20.2 Å². The molecule has 2 aromatic rings. The molecule has 0 radical (unpaired) electrons. The number of benzene rings is 1. The van der Waals surface area contributed by atoms with Crippen molar-refractivity contribution >= 4 is 23.6 Å². The summed E-state index contributed by atoms with van der Waals surface area (Å²) >= 11 is 1.28. The molecule has 1 aromatic carbocycles. The van der Waals surface area contributed by atoms with Crippen LogP contribution in [0.1, 0.15) is 12.5 Å². The molecule has 0 aliphatic rings. The Hall–Kier alpha value is -2.48. The summed E-state index contributed by atoms with van der Waals surface area (Å²) in [5.41, 5.74) is 1.95. The third kappa shape index (κ3) is 5.25. The van der Waals surface area contributed by atoms with E-state index in [1.165, 1.54) is 11.8 Å². The average molecular weight is 363 g/mol. The Morgan fingerprint density at radius 3 is 2.88 bits per heavy atom. The van der Waals surface area contributed by atoms with E-state index < -0.39 is 5.97 Å². The molecule has 0 bridgehead atoms. The zero-order valence-electron chi connectivity index (χ0n) is 14.4. The first-order chi connectivity index (χ1) is 12.0. The second kappa shape index (κ2) is 9.12. The minimum atomic E-state index is -0.452. The van der Waals surface area contributed by atoms with E-state index in [4.69, 9.17) is 9.47 Å². The van der Waals surface area contributed by atoms with Gasteiger partial charge in [0, 0.05) is 12.4 Å². The second-order valence-corrected chi connectivity index (χ2v) is 6.07. The largest absolute Gasteiger partial charge is 0.495 e. The van der Waals surface area contributed by atoms with Gasteiger partial charge in [-0.15, -0.1) is 0 Å². The van der Waals surface area contributed by atoms with Gasteiger partial charge in [0.15, 0.2) is 5.16 Å². The summed E-state index contributed by atoms with van der Waals surface area (Å²) in [6.07, 6.45) is 3.48. The van der Waals surface area contributed by atoms with Crippen LogP contribution in [0.3, 0.4) is 0 Å². The number of aromatic nitrogens is 2. The highest BCUT2D eigenvalue weighted by Crippen LogP contribution is 2.28. The van der Waals surface area contributed by atoms with Crippen LogP contribution >= 0.6 is 11.8 Å². The molecule has 0 aliphatic heterocycles. The molecule has 134 valence electrons. The van der Waals surface area contributed by atoms with Crippen LogP contribution in [-0.2, 0) is 14.3 Å². The fourth-order valence-electron chi connectivity index (χ4n) is 2.13. The first-order valence-electron chi connectivity index (χ1n) is 7.78. The van der Waals surface area contributed by atoms with Crippen LogP contribution in [-0.4, -0.2) is 47.4 Å². The molecule has 8 heteroatoms. The maximum Gasteiger partial charge on any atom is 0.325 e. The standard InChI is InChI=1S/C17H21N3O4S/c1-4-24-16(22)10-19-15(21)11-25-17-18-7-8-20(17)13-9-12(2)5-6-14(13)23-3/h5-9H,4,10-11H2,1-3H3,(H,19,21). The Balaban J connectivity index is 2.02. The second-order valence-electron chi connectivity index (χ2n) is 5.13. The third-order valence-corrected chi connectivity index (χ3v) is 4.24. The van der Waals surface area contributed by atoms with Gasteiger partial charge in [0.2, 0.25) is 5.91 Å². The predicted octanol–water partition coefficient (Wildman–Crippen LogP) is 1.96. The molecule has 1 amide bonds. The Bertz CT molecular complexity index is 745. The third-order valence-electron chi connectivity index (χ3n) is 3.27. The monoisotopic (exact) mass is 363 g/mol. The molecule has 25 heavy (non-hydrogen) atoms. The highest BCUT2D eigenvalue weighted by molar-refractivity contribution is 7.99. The van der Waals surface area contributed by atoms with Crippen molar-refractivity contribution in [2.75, 3.05) is 26.0 Å². The van der Waals surface area contributed by atoms with Gasteiger partial charge in [0.1, 0.15) is 12.3 Å². The number of methoxy groups -OCH3 is 1. The number of amides is 1. The molecule has 0 aliphatic carbocycles. The molecular weight excluding hydrogens is 342 g/mol. The molecule has 0 fully saturated rings. The Morgan fingerprint density at radius 2 is 2.16 bits per heavy atom. The number of carbonyl (C=O) groups excluding carboxylic acids is 2. The number of hydrogen-bond acceptors (Lipinski definition) is 6. The molecule has 0 atom stereocenters. The van der Waals surface area contributed by atoms with E-state index in [0.717, 1.165) is 17.0 Å². The molecule has 0 unspecified atom stereocenters. The lowest BCUT2D eigenvalue weighted by molar-refractivity contribution is -0.143. The lowest BCUT2D eigenvalue weighted by atomic mass is 10.2. The van der Waals surface area contributed by atoms with Gasteiger partial charge in [0.05, 0.1) is 25.2 Å². The van der Waals surface area contributed by atoms with E-state index in [0.29, 0.717) is 11.8 Å². The normalized spacial score (nSPS) is 10.4. The van der Waals surface area contributed by atoms with Crippen LogP contribution in [0.5, 0.6) is 5.75 Å². The number of aryl methyl sites for hydroxylation is 1. The summed E-state index contributed by atoms with van der Waals surface area (Å²) in [5.74, 6) is 0.151. The first-order valence-corrected chi connectivity index (χ1v) is 8.77. The molecule has 1 N–H and O–H groups in total. The molecule has 0 saturated heterocycles. The predicted molar refractivity (Wildman–Crippen MR) is 95.2 cm³/mol. The number of imidazole rings is 1. The topological polar surface area (TPSA) is 82.5 Å². The van der Waals surface area contributed by atoms with E-state index >= 15 is 0 Å². The Labute approximate surface area is 150 Å². The SMILES string of the molecule is CCOC(=O)CNC(=O)CSc1nccn1-c1cc(C)ccc1OC. The fourth-order valence-corrected chi connectivity index (χ4v) is 2.93. The zero-order valence-corrected chi connectivity index (χ0v) is 15.3. The summed E-state index contributed by atoms with van der Waals surface area (Å²) in [5, 5.41) is 3.19. The number of hydrogen-bond donors (Lipinski definition) is 1. The van der Waals surface area contributed by atoms with Crippen molar-refractivity contribution in [2.45, 2.75) is 19.0 Å². The van der Waals surface area contributed by atoms with Gasteiger partial charge in [-0.3, -0.25) is 14.2 Å². The summed E-state index contributed by atoms with van der Waals surface area (Å²) in [7, 11) is 1.61. The van der Waals surface area contributed by atoms with E-state index in [1.807, 2.05) is 35.9 Å². The van der Waals surface area contributed by atoms with Crippen molar-refractivity contribution in [2.24, 2.45) is 0 Å². The summed E-state index contributed by atoms with van der Waals surface area (Å²) in [6.45, 7) is 3.87. The van der Waals surface area contributed by atoms with Crippen molar-refractivity contribution in [3.63, 3.8) is 0 Å². The van der Waals surface area contributed by atoms with Gasteiger partial charge in [-0.1, -0.05) is 17.8 Å². The van der Waals surface area contributed by atoms with Crippen molar-refractivity contribution in [1.82, 2.24) is 14.9 Å². The molecule has 1 aromatic heterocycles. The average Bonchev–Trinajstić information content (AvgIpc) is 3.06. The number of rotatable bonds is 8. The van der Waals surface area contributed by atoms with Crippen molar-refractivity contribution in [1.29, 1.82) is 0 Å². The van der Waals surface area contributed by atoms with Crippen LogP contribution in [0.25, 0.3) is 5.69 Å². The lowest BCUT2D eigenvalue weighted by Gasteiger charge is -2.12. The van der Waals surface area contributed by atoms with E-state index in [2.05, 4.69) is 10.3 Å². The molecule has 0 saturated carbocycles. The van der Waals surface area contributed by atoms with Gasteiger partial charge in [-0.25, -0.2) is 4.98 Å². The number of nitrogens with one attached hydrogen (secondary N) is 1. The van der Waals surface area contributed by atoms with Crippen LogP contribution in [0.15, 0.2) is 35.7 Å². The molecule has 1 heterocycles. The number of ether oxygens (including phenoxy) is 2. The molecular formula is C17H21N3O4S. The Kier molecular flexibility index (Phi) is 6.88. The van der Waals surface area contributed by atoms with Gasteiger partial charge < -0.3 is 14.8 Å². The minimum absolute atomic E-state index is 0.132. The highest BCUT2D eigenvalue weighted by atomic mass is 32.2. The van der Waals surface area contributed by atoms with Crippen LogP contribution in [0.2, 0.25) is 0 Å². The van der Waals surface area contributed by atoms with Crippen LogP contribution in [0, 0.1) is 6.92 Å². The zero-order chi connectivity index (χ0) is 18.2. The number of thioether (sulfide) groups is 1. The summed E-state index contributed by atoms with van der Waals surface area (Å²) in [6, 6.07) is 5.85. The quantitative estimate of drug-likeness (QED) is 0.570. The number of carbonyl (C=O) groups is 2. The van der Waals surface area contributed by atoms with Gasteiger partial charge in [0.25, 0.3) is 0 Å². The molecule has 2 rings (SSSR count). The molecule has 7 nitrogen and oxygen atoms in total. The summed E-state index contributed by atoms with van der Waals surface area (Å²) < 4.78 is 12.0. The highest BCUT2D eigenvalue weighted by Gasteiger charge is 2.13. The fraction of sp³-hybridized carbons (Fsp3) is 0.353. The molecule has 0 spiro atoms. The summed E-state index contributed by atoms with van der Waals surface area (Å²) in [4.78, 5) is 27.4. The van der Waals surface area contributed by atoms with Gasteiger partial charge in [-0.2, -0.15) is 0 Å². The Morgan fingerprint density at radius 1 is 1.36 bits per heavy atom. The number of esters is 1. The van der Waals surface area contributed by atoms with Crippen LogP contribution < -0.4 is 10.1 Å². The smallest absolute Gasteiger partial charge is 0.325 e. The van der Waals surface area contributed by atoms with Crippen molar-refractivity contribution in [3.05, 3.63) is 36.2 Å². The first kappa shape index (κ1) is 18.9. The van der Waals surface area contributed by atoms with Crippen LogP contribution in [0.4, 0.5) is 0 Å². The van der Waals surface area contributed by atoms with Gasteiger partial charge in [-0.05, 0) is 31.5 Å².